The molecular formula is C36H27N5O3S. The molecular weight excluding hydrogens is 582 g/mol. The van der Waals surface area contributed by atoms with Gasteiger partial charge in [0.25, 0.3) is 11.5 Å². The Morgan fingerprint density at radius 1 is 0.867 bits per heavy atom. The van der Waals surface area contributed by atoms with Crippen LogP contribution in [0.5, 0.6) is 0 Å². The Balaban J connectivity index is 1.50. The summed E-state index contributed by atoms with van der Waals surface area (Å²) in [5, 5.41) is 17.4. The fraction of sp³-hybridized carbons (Fsp3) is 0.111. The molecule has 1 aliphatic heterocycles. The van der Waals surface area contributed by atoms with Crippen LogP contribution in [0.1, 0.15) is 5.56 Å². The summed E-state index contributed by atoms with van der Waals surface area (Å²) in [6, 6.07) is 35.2. The Labute approximate surface area is 262 Å². The highest BCUT2D eigenvalue weighted by Gasteiger charge is 2.24. The highest BCUT2D eigenvalue weighted by Crippen LogP contribution is 2.31. The standard InChI is InChI=1S/C36H27N5O3S/c37-23-31(34(42)39-18-20-44-21-19-39)36-41(28-14-5-2-6-15-28)35(43)32(45-36)22-26-24-40(27-12-3-1-4-13-27)38-33(26)30-17-9-11-25-10-7-8-16-29(25)30/h1-17,22,24H,18-21H2. The smallest absolute Gasteiger partial charge is 0.273 e. The summed E-state index contributed by atoms with van der Waals surface area (Å²) in [6.45, 7) is 1.58. The van der Waals surface area contributed by atoms with Gasteiger partial charge < -0.3 is 9.64 Å². The van der Waals surface area contributed by atoms with Crippen LogP contribution in [-0.4, -0.2) is 51.5 Å². The second kappa shape index (κ2) is 12.2. The maximum absolute atomic E-state index is 14.2. The Morgan fingerprint density at radius 2 is 1.53 bits per heavy atom. The Hall–Kier alpha value is -5.56. The van der Waals surface area contributed by atoms with E-state index < -0.39 is 5.91 Å². The van der Waals surface area contributed by atoms with E-state index >= 15 is 0 Å². The van der Waals surface area contributed by atoms with Crippen molar-refractivity contribution in [2.45, 2.75) is 0 Å². The lowest BCUT2D eigenvalue weighted by Gasteiger charge is -2.26. The van der Waals surface area contributed by atoms with Gasteiger partial charge in [0.2, 0.25) is 0 Å². The maximum atomic E-state index is 14.2. The van der Waals surface area contributed by atoms with Gasteiger partial charge in [0.15, 0.2) is 5.57 Å². The summed E-state index contributed by atoms with van der Waals surface area (Å²) in [5.41, 5.74) is 3.44. The number of fused-ring (bicyclic) bond motifs is 1. The average molecular weight is 610 g/mol. The van der Waals surface area contributed by atoms with Crippen LogP contribution in [0.2, 0.25) is 0 Å². The van der Waals surface area contributed by atoms with Gasteiger partial charge in [-0.25, -0.2) is 4.68 Å². The number of hydrogen-bond acceptors (Lipinski definition) is 6. The molecule has 0 saturated carbocycles. The molecule has 7 rings (SSSR count). The van der Waals surface area contributed by atoms with E-state index in [1.165, 1.54) is 4.57 Å². The van der Waals surface area contributed by atoms with Gasteiger partial charge in [-0.3, -0.25) is 14.2 Å². The van der Waals surface area contributed by atoms with Gasteiger partial charge in [0.1, 0.15) is 16.4 Å². The summed E-state index contributed by atoms with van der Waals surface area (Å²) in [5.74, 6) is -0.411. The van der Waals surface area contributed by atoms with Gasteiger partial charge in [-0.1, -0.05) is 78.9 Å². The largest absolute Gasteiger partial charge is 0.378 e. The molecule has 3 heterocycles. The van der Waals surface area contributed by atoms with Crippen molar-refractivity contribution in [3.8, 4) is 28.7 Å². The molecule has 0 radical (unpaired) electrons. The van der Waals surface area contributed by atoms with Crippen LogP contribution < -0.4 is 14.8 Å². The van der Waals surface area contributed by atoms with Crippen LogP contribution in [0, 0.1) is 11.3 Å². The third-order valence-corrected chi connectivity index (χ3v) is 8.86. The van der Waals surface area contributed by atoms with Gasteiger partial charge in [-0.15, -0.1) is 11.3 Å². The van der Waals surface area contributed by atoms with E-state index in [-0.39, 0.29) is 11.1 Å². The maximum Gasteiger partial charge on any atom is 0.273 e. The van der Waals surface area contributed by atoms with Gasteiger partial charge in [0, 0.05) is 30.4 Å². The second-order valence-electron chi connectivity index (χ2n) is 10.5. The first-order chi connectivity index (χ1) is 22.1. The number of rotatable bonds is 5. The lowest BCUT2D eigenvalue weighted by Crippen LogP contribution is -2.42. The first kappa shape index (κ1) is 28.2. The zero-order valence-corrected chi connectivity index (χ0v) is 25.0. The second-order valence-corrected chi connectivity index (χ2v) is 11.6. The molecule has 1 fully saturated rings. The topological polar surface area (TPSA) is 93.2 Å². The number of carbonyl (C=O) groups is 1. The van der Waals surface area contributed by atoms with Crippen molar-refractivity contribution in [2.24, 2.45) is 0 Å². The molecule has 220 valence electrons. The summed E-state index contributed by atoms with van der Waals surface area (Å²) >= 11 is 1.13. The summed E-state index contributed by atoms with van der Waals surface area (Å²) in [7, 11) is 0. The first-order valence-electron chi connectivity index (χ1n) is 14.6. The minimum absolute atomic E-state index is 0.0724. The van der Waals surface area contributed by atoms with Gasteiger partial charge in [-0.05, 0) is 41.1 Å². The van der Waals surface area contributed by atoms with Crippen molar-refractivity contribution in [1.82, 2.24) is 19.2 Å². The Bertz CT molecular complexity index is 2250. The first-order valence-corrected chi connectivity index (χ1v) is 15.4. The van der Waals surface area contributed by atoms with Crippen LogP contribution in [0.3, 0.4) is 0 Å². The average Bonchev–Trinajstić information content (AvgIpc) is 3.66. The molecule has 1 saturated heterocycles. The molecule has 6 aromatic rings. The molecule has 9 heteroatoms. The summed E-state index contributed by atoms with van der Waals surface area (Å²) < 4.78 is 9.35. The predicted molar refractivity (Wildman–Crippen MR) is 176 cm³/mol. The molecule has 0 atom stereocenters. The van der Waals surface area contributed by atoms with E-state index in [0.29, 0.717) is 46.9 Å². The van der Waals surface area contributed by atoms with Crippen LogP contribution in [0.25, 0.3) is 45.1 Å². The number of carbonyl (C=O) groups excluding carboxylic acids is 1. The highest BCUT2D eigenvalue weighted by atomic mass is 32.1. The van der Waals surface area contributed by atoms with Crippen molar-refractivity contribution < 1.29 is 9.53 Å². The number of ether oxygens (including phenoxy) is 1. The van der Waals surface area contributed by atoms with Crippen molar-refractivity contribution in [3.05, 3.63) is 134 Å². The fourth-order valence-electron chi connectivity index (χ4n) is 5.56. The van der Waals surface area contributed by atoms with E-state index in [2.05, 4.69) is 24.3 Å². The SMILES string of the molecule is N#CC(C(=O)N1CCOCC1)=c1sc(=Cc2cn(-c3ccccc3)nc2-c2cccc3ccccc23)c(=O)n1-c1ccccc1. The molecule has 1 aliphatic rings. The number of benzene rings is 4. The van der Waals surface area contributed by atoms with Gasteiger partial charge in [0.05, 0.1) is 29.1 Å². The minimum atomic E-state index is -0.411. The number of morpholine rings is 1. The van der Waals surface area contributed by atoms with Crippen LogP contribution in [0.15, 0.2) is 114 Å². The van der Waals surface area contributed by atoms with E-state index in [4.69, 9.17) is 9.84 Å². The molecule has 8 nitrogen and oxygen atoms in total. The summed E-state index contributed by atoms with van der Waals surface area (Å²) in [6.07, 6.45) is 3.72. The zero-order chi connectivity index (χ0) is 30.8. The molecule has 0 N–H and O–H groups in total. The molecule has 1 amide bonds. The van der Waals surface area contributed by atoms with E-state index in [9.17, 15) is 14.9 Å². The number of nitrogens with zero attached hydrogens (tertiary/aromatic N) is 5. The lowest BCUT2D eigenvalue weighted by molar-refractivity contribution is -0.128. The Morgan fingerprint density at radius 3 is 2.27 bits per heavy atom. The molecule has 0 bridgehead atoms. The van der Waals surface area contributed by atoms with Crippen molar-refractivity contribution in [3.63, 3.8) is 0 Å². The molecule has 4 aromatic carbocycles. The number of hydrogen-bond donors (Lipinski definition) is 0. The van der Waals surface area contributed by atoms with Crippen LogP contribution in [0.4, 0.5) is 0 Å². The van der Waals surface area contributed by atoms with Crippen LogP contribution in [-0.2, 0) is 9.53 Å². The zero-order valence-electron chi connectivity index (χ0n) is 24.2. The van der Waals surface area contributed by atoms with Gasteiger partial charge in [-0.2, -0.15) is 10.4 Å². The number of aromatic nitrogens is 3. The fourth-order valence-corrected chi connectivity index (χ4v) is 6.65. The van der Waals surface area contributed by atoms with Crippen molar-refractivity contribution >= 4 is 39.7 Å². The quantitative estimate of drug-likeness (QED) is 0.291. The monoisotopic (exact) mass is 609 g/mol. The van der Waals surface area contributed by atoms with E-state index in [1.54, 1.807) is 17.0 Å². The molecule has 2 aromatic heterocycles. The normalized spacial score (nSPS) is 14.4. The van der Waals surface area contributed by atoms with Gasteiger partial charge >= 0.3 is 0 Å². The number of nitriles is 1. The summed E-state index contributed by atoms with van der Waals surface area (Å²) in [4.78, 5) is 29.4. The molecule has 0 spiro atoms. The van der Waals surface area contributed by atoms with Crippen molar-refractivity contribution in [1.29, 1.82) is 5.26 Å². The Kier molecular flexibility index (Phi) is 7.66. The molecule has 45 heavy (non-hydrogen) atoms. The number of thiazole rings is 1. The minimum Gasteiger partial charge on any atom is -0.378 e. The van der Waals surface area contributed by atoms with Crippen LogP contribution >= 0.6 is 11.3 Å². The third kappa shape index (κ3) is 5.38. The predicted octanol–water partition coefficient (Wildman–Crippen LogP) is 4.27. The number of para-hydroxylation sites is 2. The van der Waals surface area contributed by atoms with Crippen molar-refractivity contribution in [2.75, 3.05) is 26.3 Å². The highest BCUT2D eigenvalue weighted by molar-refractivity contribution is 7.07. The molecule has 0 aliphatic carbocycles. The number of amides is 1. The third-order valence-electron chi connectivity index (χ3n) is 7.77. The molecule has 0 unspecified atom stereocenters. The van der Waals surface area contributed by atoms with E-state index in [1.807, 2.05) is 89.8 Å². The lowest BCUT2D eigenvalue weighted by atomic mass is 10.00. The van der Waals surface area contributed by atoms with E-state index in [0.717, 1.165) is 38.9 Å².